The molecular formula is C86H58N8. The third kappa shape index (κ3) is 9.22. The number of para-hydroxylation sites is 4. The molecule has 0 aliphatic rings. The van der Waals surface area contributed by atoms with Crippen molar-refractivity contribution in [2.24, 2.45) is 0 Å². The van der Waals surface area contributed by atoms with Gasteiger partial charge in [0.15, 0.2) is 0 Å². The summed E-state index contributed by atoms with van der Waals surface area (Å²) in [5.74, 6) is 0. The predicted molar refractivity (Wildman–Crippen MR) is 389 cm³/mol. The highest BCUT2D eigenvalue weighted by atomic mass is 15.2. The van der Waals surface area contributed by atoms with E-state index in [1.807, 2.05) is 0 Å². The van der Waals surface area contributed by atoms with Crippen molar-refractivity contribution in [1.82, 2.24) is 27.9 Å². The average Bonchev–Trinajstić information content (AvgIpc) is 1.56. The molecule has 0 amide bonds. The quantitative estimate of drug-likeness (QED) is 0.115. The molecule has 8 nitrogen and oxygen atoms in total. The Morgan fingerprint density at radius 1 is 0.223 bits per heavy atom. The highest BCUT2D eigenvalue weighted by molar-refractivity contribution is 6.10. The van der Waals surface area contributed by atoms with E-state index in [2.05, 4.69) is 380 Å². The number of aromatic nitrogens is 6. The molecule has 0 atom stereocenters. The van der Waals surface area contributed by atoms with E-state index >= 15 is 0 Å². The first-order valence-electron chi connectivity index (χ1n) is 31.9. The third-order valence-electron chi connectivity index (χ3n) is 18.4. The molecule has 94 heavy (non-hydrogen) atoms. The second kappa shape index (κ2) is 22.6. The molecule has 0 aliphatic heterocycles. The lowest BCUT2D eigenvalue weighted by molar-refractivity contribution is 1.17. The van der Waals surface area contributed by atoms with Crippen molar-refractivity contribution in [3.8, 4) is 67.5 Å². The van der Waals surface area contributed by atoms with Gasteiger partial charge in [0.1, 0.15) is 11.3 Å². The minimum Gasteiger partial charge on any atom is -0.310 e. The zero-order chi connectivity index (χ0) is 62.1. The monoisotopic (exact) mass is 1200 g/mol. The van der Waals surface area contributed by atoms with Crippen LogP contribution >= 0.6 is 0 Å². The maximum atomic E-state index is 5.29. The molecule has 0 saturated heterocycles. The number of imidazole rings is 2. The lowest BCUT2D eigenvalue weighted by atomic mass is 10.0. The maximum Gasteiger partial charge on any atom is 0.137 e. The van der Waals surface area contributed by atoms with Crippen LogP contribution in [0.5, 0.6) is 0 Å². The molecule has 6 aromatic heterocycles. The Balaban J connectivity index is 0.731. The molecule has 18 aromatic rings. The Bertz CT molecular complexity index is 5370. The standard InChI is InChI=1S/C86H58N8/c1-3-21-61(22-4-1)85-83(87-81-37-15-17-55-89(81)85)63-25-19-27-71(57-63)91(67-47-51-69(52-48-67)93-77-33-11-7-29-73(77)74-30-8-12-34-78(74)93)65-43-39-59(40-44-65)60-41-45-66(46-42-60)92(68-49-53-70(54-50-68)94-79-35-13-9-31-75(79)76-32-10-14-36-80(76)94)72-28-20-26-64(58-72)84-86(62-23-5-2-6-24-62)90-56-18-16-38-82(90)88-84/h1-58H. The highest BCUT2D eigenvalue weighted by Crippen LogP contribution is 2.44. The Kier molecular flexibility index (Phi) is 13.0. The molecule has 0 aliphatic carbocycles. The van der Waals surface area contributed by atoms with Gasteiger partial charge < -0.3 is 18.9 Å². The number of benzene rings is 12. The third-order valence-corrected chi connectivity index (χ3v) is 18.4. The van der Waals surface area contributed by atoms with Gasteiger partial charge in [0.25, 0.3) is 0 Å². The smallest absolute Gasteiger partial charge is 0.137 e. The molecule has 0 fully saturated rings. The lowest BCUT2D eigenvalue weighted by Crippen LogP contribution is -2.10. The Labute approximate surface area is 543 Å². The zero-order valence-electron chi connectivity index (χ0n) is 51.1. The zero-order valence-corrected chi connectivity index (χ0v) is 51.1. The molecule has 442 valence electrons. The van der Waals surface area contributed by atoms with E-state index in [1.54, 1.807) is 0 Å². The fraction of sp³-hybridized carbons (Fsp3) is 0. The molecule has 0 bridgehead atoms. The van der Waals surface area contributed by atoms with Crippen molar-refractivity contribution in [2.45, 2.75) is 0 Å². The average molecular weight is 1200 g/mol. The van der Waals surface area contributed by atoms with Crippen LogP contribution in [0, 0.1) is 0 Å². The van der Waals surface area contributed by atoms with Crippen molar-refractivity contribution in [3.63, 3.8) is 0 Å². The van der Waals surface area contributed by atoms with E-state index < -0.39 is 0 Å². The largest absolute Gasteiger partial charge is 0.310 e. The Morgan fingerprint density at radius 2 is 0.532 bits per heavy atom. The summed E-state index contributed by atoms with van der Waals surface area (Å²) in [5, 5.41) is 4.94. The van der Waals surface area contributed by atoms with Crippen LogP contribution in [-0.4, -0.2) is 27.9 Å². The maximum absolute atomic E-state index is 5.29. The first-order chi connectivity index (χ1) is 46.6. The molecule has 6 heterocycles. The second-order valence-corrected chi connectivity index (χ2v) is 23.8. The summed E-state index contributed by atoms with van der Waals surface area (Å²) in [4.78, 5) is 15.3. The van der Waals surface area contributed by atoms with Gasteiger partial charge in [-0.05, 0) is 157 Å². The SMILES string of the molecule is c1ccc(-c2c(-c3cccc(N(c4ccc(-c5ccc(N(c6ccc(-n7c8ccccc8c8ccccc87)cc6)c6cccc(-c7nc8ccccn8c7-c7ccccc7)c6)cc5)cc4)c4ccc(-n5c6ccccc6c6ccccc65)cc4)c3)nc3ccccn23)cc1. The van der Waals surface area contributed by atoms with Crippen LogP contribution in [0.25, 0.3) is 122 Å². The van der Waals surface area contributed by atoms with Gasteiger partial charge in [0.2, 0.25) is 0 Å². The molecule has 0 spiro atoms. The number of anilines is 6. The van der Waals surface area contributed by atoms with E-state index in [0.717, 1.165) is 113 Å². The van der Waals surface area contributed by atoms with Gasteiger partial charge in [-0.3, -0.25) is 8.80 Å². The summed E-state index contributed by atoms with van der Waals surface area (Å²) in [6, 6.07) is 122. The van der Waals surface area contributed by atoms with E-state index in [-0.39, 0.29) is 0 Å². The summed E-state index contributed by atoms with van der Waals surface area (Å²) in [6.45, 7) is 0. The summed E-state index contributed by atoms with van der Waals surface area (Å²) in [5.41, 5.74) is 25.2. The lowest BCUT2D eigenvalue weighted by Gasteiger charge is -2.27. The molecule has 0 unspecified atom stereocenters. The summed E-state index contributed by atoms with van der Waals surface area (Å²) < 4.78 is 9.14. The van der Waals surface area contributed by atoms with E-state index in [0.29, 0.717) is 0 Å². The number of pyridine rings is 2. The van der Waals surface area contributed by atoms with Gasteiger partial charge in [0, 0.05) is 102 Å². The van der Waals surface area contributed by atoms with Crippen molar-refractivity contribution in [3.05, 3.63) is 352 Å². The Hall–Kier alpha value is -12.8. The highest BCUT2D eigenvalue weighted by Gasteiger charge is 2.23. The van der Waals surface area contributed by atoms with Gasteiger partial charge in [0.05, 0.1) is 44.8 Å². The minimum absolute atomic E-state index is 0.895. The van der Waals surface area contributed by atoms with Crippen LogP contribution < -0.4 is 9.80 Å². The fourth-order valence-electron chi connectivity index (χ4n) is 14.1. The molecule has 12 aromatic carbocycles. The van der Waals surface area contributed by atoms with Crippen LogP contribution in [0.2, 0.25) is 0 Å². The van der Waals surface area contributed by atoms with Crippen LogP contribution in [-0.2, 0) is 0 Å². The second-order valence-electron chi connectivity index (χ2n) is 23.8. The van der Waals surface area contributed by atoms with Crippen molar-refractivity contribution < 1.29 is 0 Å². The number of rotatable bonds is 13. The summed E-state index contributed by atoms with van der Waals surface area (Å²) >= 11 is 0. The number of nitrogens with zero attached hydrogens (tertiary/aromatic N) is 8. The molecule has 0 radical (unpaired) electrons. The normalized spacial score (nSPS) is 11.6. The molecule has 0 saturated carbocycles. The van der Waals surface area contributed by atoms with Crippen LogP contribution in [0.3, 0.4) is 0 Å². The Morgan fingerprint density at radius 3 is 0.894 bits per heavy atom. The molecular weight excluding hydrogens is 1150 g/mol. The van der Waals surface area contributed by atoms with Crippen LogP contribution in [0.1, 0.15) is 0 Å². The van der Waals surface area contributed by atoms with E-state index in [4.69, 9.17) is 9.97 Å². The van der Waals surface area contributed by atoms with Gasteiger partial charge in [-0.2, -0.15) is 0 Å². The predicted octanol–water partition coefficient (Wildman–Crippen LogP) is 22.5. The first kappa shape index (κ1) is 54.2. The summed E-state index contributed by atoms with van der Waals surface area (Å²) in [6.07, 6.45) is 4.21. The van der Waals surface area contributed by atoms with Crippen LogP contribution in [0.4, 0.5) is 34.1 Å². The number of hydrogen-bond donors (Lipinski definition) is 0. The molecule has 8 heteroatoms. The number of fused-ring (bicyclic) bond motifs is 8. The van der Waals surface area contributed by atoms with Crippen molar-refractivity contribution in [2.75, 3.05) is 9.80 Å². The van der Waals surface area contributed by atoms with Crippen molar-refractivity contribution in [1.29, 1.82) is 0 Å². The topological polar surface area (TPSA) is 50.9 Å². The van der Waals surface area contributed by atoms with Gasteiger partial charge in [-0.15, -0.1) is 0 Å². The van der Waals surface area contributed by atoms with Gasteiger partial charge >= 0.3 is 0 Å². The summed E-state index contributed by atoms with van der Waals surface area (Å²) in [7, 11) is 0. The van der Waals surface area contributed by atoms with Gasteiger partial charge in [-0.1, -0.05) is 194 Å². The van der Waals surface area contributed by atoms with E-state index in [1.165, 1.54) is 43.6 Å². The van der Waals surface area contributed by atoms with Crippen LogP contribution in [0.15, 0.2) is 352 Å². The minimum atomic E-state index is 0.895. The van der Waals surface area contributed by atoms with E-state index in [9.17, 15) is 0 Å². The van der Waals surface area contributed by atoms with Gasteiger partial charge in [-0.25, -0.2) is 9.97 Å². The fourth-order valence-corrected chi connectivity index (χ4v) is 14.1. The first-order valence-corrected chi connectivity index (χ1v) is 31.9. The number of hydrogen-bond acceptors (Lipinski definition) is 4. The molecule has 0 N–H and O–H groups in total. The van der Waals surface area contributed by atoms with Crippen molar-refractivity contribution >= 4 is 89.0 Å². The molecule has 18 rings (SSSR count).